The van der Waals surface area contributed by atoms with Crippen LogP contribution < -0.4 is 10.6 Å². The van der Waals surface area contributed by atoms with Gasteiger partial charge in [-0.1, -0.05) is 96.2 Å². The fraction of sp³-hybridized carbons (Fsp3) is 0.372. The molecule has 0 aliphatic carbocycles. The number of rotatable bonds is 14. The van der Waals surface area contributed by atoms with Crippen LogP contribution in [0.2, 0.25) is 0 Å². The first-order valence-corrected chi connectivity index (χ1v) is 22.1. The molecule has 0 spiro atoms. The van der Waals surface area contributed by atoms with Crippen LogP contribution in [0.25, 0.3) is 0 Å². The number of β-lactam (4-membered cyclic amide) rings is 1. The second-order valence-corrected chi connectivity index (χ2v) is 17.5. The molecule has 0 radical (unpaired) electrons. The smallest absolute Gasteiger partial charge is 0.352 e. The van der Waals surface area contributed by atoms with E-state index in [4.69, 9.17) is 14.6 Å². The molecule has 3 N–H and O–H groups in total. The molecule has 1 aromatic heterocycles. The summed E-state index contributed by atoms with van der Waals surface area (Å²) in [5, 5.41) is 22.2. The molecule has 2 amide bonds. The zero-order valence-corrected chi connectivity index (χ0v) is 33.9. The van der Waals surface area contributed by atoms with E-state index in [2.05, 4.69) is 59.1 Å². The van der Waals surface area contributed by atoms with E-state index in [-0.39, 0.29) is 22.9 Å². The number of amides is 2. The molecule has 15 heteroatoms. The average molecular weight is 824 g/mol. The molecule has 4 atom stereocenters. The Kier molecular flexibility index (Phi) is 11.6. The normalized spacial score (nSPS) is 23.2. The largest absolute Gasteiger partial charge is 0.477 e. The van der Waals surface area contributed by atoms with Gasteiger partial charge in [-0.15, -0.1) is 11.3 Å². The van der Waals surface area contributed by atoms with Crippen LogP contribution in [0.1, 0.15) is 61.4 Å². The number of oxime groups is 1. The lowest BCUT2D eigenvalue weighted by Crippen LogP contribution is -2.74. The molecule has 4 aliphatic rings. The van der Waals surface area contributed by atoms with Crippen molar-refractivity contribution in [2.45, 2.75) is 62.3 Å². The van der Waals surface area contributed by atoms with Crippen LogP contribution in [-0.2, 0) is 40.3 Å². The third-order valence-corrected chi connectivity index (χ3v) is 14.1. The summed E-state index contributed by atoms with van der Waals surface area (Å²) in [5.41, 5.74) is 2.37. The minimum Gasteiger partial charge on any atom is -0.477 e. The Hall–Kier alpha value is -5.22. The summed E-state index contributed by atoms with van der Waals surface area (Å²) in [6.07, 6.45) is 3.74. The van der Waals surface area contributed by atoms with Gasteiger partial charge in [0.05, 0.1) is 42.8 Å². The van der Waals surface area contributed by atoms with Gasteiger partial charge in [-0.25, -0.2) is 9.78 Å². The number of nitrogens with zero attached hydrogens (tertiary/aromatic N) is 4. The number of ether oxygens (including phenoxy) is 1. The van der Waals surface area contributed by atoms with Crippen molar-refractivity contribution in [2.24, 2.45) is 5.16 Å². The number of benzene rings is 3. The van der Waals surface area contributed by atoms with Crippen molar-refractivity contribution in [3.63, 3.8) is 0 Å². The van der Waals surface area contributed by atoms with Gasteiger partial charge < -0.3 is 29.8 Å². The second kappa shape index (κ2) is 16.9. The quantitative estimate of drug-likeness (QED) is 0.0513. The summed E-state index contributed by atoms with van der Waals surface area (Å²) in [6, 6.07) is 28.9. The SMILES string of the molecule is CC[N+]1(CC2=C(C(=O)O)N3C(=O)C(NC(=O)C(=NOC4CCCCO4)c4csc(NC(c5ccccc5)(c5ccccc5)c5ccccc5)n4)[C@@H]3S(=O)C2)CCCC1. The number of likely N-dealkylation sites (tertiary alicyclic amines) is 1. The number of quaternary nitrogens is 1. The van der Waals surface area contributed by atoms with E-state index in [0.29, 0.717) is 34.8 Å². The number of likely N-dealkylation sites (N-methyl/N-ethyl adjacent to an activating group) is 1. The Balaban J connectivity index is 1.10. The van der Waals surface area contributed by atoms with Crippen LogP contribution in [0.5, 0.6) is 0 Å². The number of anilines is 1. The predicted molar refractivity (Wildman–Crippen MR) is 221 cm³/mol. The number of aromatic nitrogens is 1. The lowest BCUT2D eigenvalue weighted by molar-refractivity contribution is -0.910. The molecule has 3 unspecified atom stereocenters. The maximum absolute atomic E-state index is 14.3. The zero-order chi connectivity index (χ0) is 40.3. The average Bonchev–Trinajstić information content (AvgIpc) is 3.93. The van der Waals surface area contributed by atoms with Crippen LogP contribution >= 0.6 is 11.3 Å². The Bertz CT molecular complexity index is 2120. The number of thiazole rings is 1. The first-order chi connectivity index (χ1) is 28.2. The van der Waals surface area contributed by atoms with Crippen molar-refractivity contribution in [1.82, 2.24) is 15.2 Å². The number of hydrogen-bond donors (Lipinski definition) is 3. The Labute approximate surface area is 343 Å². The number of carbonyl (C=O) groups excluding carboxylic acids is 2. The second-order valence-electron chi connectivity index (χ2n) is 15.2. The lowest BCUT2D eigenvalue weighted by Gasteiger charge is -2.49. The van der Waals surface area contributed by atoms with Crippen LogP contribution in [-0.4, -0.2) is 103 Å². The van der Waals surface area contributed by atoms with Crippen LogP contribution in [0.4, 0.5) is 5.13 Å². The van der Waals surface area contributed by atoms with Gasteiger partial charge in [0.1, 0.15) is 34.9 Å². The van der Waals surface area contributed by atoms with E-state index >= 15 is 0 Å². The number of carboxylic acid groups (broad SMARTS) is 1. The minimum atomic E-state index is -1.67. The molecule has 4 aliphatic heterocycles. The number of aliphatic carboxylic acids is 1. The first kappa shape index (κ1) is 39.6. The molecule has 0 bridgehead atoms. The molecular formula is C43H47N6O7S2+. The van der Waals surface area contributed by atoms with Gasteiger partial charge in [0, 0.05) is 30.2 Å². The van der Waals surface area contributed by atoms with Gasteiger partial charge in [0.15, 0.2) is 10.8 Å². The van der Waals surface area contributed by atoms with E-state index < -0.39 is 51.8 Å². The van der Waals surface area contributed by atoms with Crippen LogP contribution in [0, 0.1) is 0 Å². The summed E-state index contributed by atoms with van der Waals surface area (Å²) in [6.45, 7) is 5.62. The molecule has 302 valence electrons. The first-order valence-electron chi connectivity index (χ1n) is 19.8. The molecule has 13 nitrogen and oxygen atoms in total. The summed E-state index contributed by atoms with van der Waals surface area (Å²) in [7, 11) is -1.67. The highest BCUT2D eigenvalue weighted by Gasteiger charge is 2.58. The molecule has 3 fully saturated rings. The van der Waals surface area contributed by atoms with E-state index in [1.165, 1.54) is 11.3 Å². The maximum Gasteiger partial charge on any atom is 0.352 e. The molecule has 3 saturated heterocycles. The zero-order valence-electron chi connectivity index (χ0n) is 32.2. The van der Waals surface area contributed by atoms with Crippen molar-refractivity contribution in [2.75, 3.05) is 43.9 Å². The van der Waals surface area contributed by atoms with Crippen molar-refractivity contribution in [1.29, 1.82) is 0 Å². The van der Waals surface area contributed by atoms with Crippen molar-refractivity contribution in [3.8, 4) is 0 Å². The van der Waals surface area contributed by atoms with Gasteiger partial charge in [0.2, 0.25) is 6.29 Å². The number of carboxylic acids is 1. The predicted octanol–water partition coefficient (Wildman–Crippen LogP) is 5.18. The fourth-order valence-corrected chi connectivity index (χ4v) is 11.1. The van der Waals surface area contributed by atoms with E-state index in [9.17, 15) is 23.7 Å². The van der Waals surface area contributed by atoms with Gasteiger partial charge in [-0.05, 0) is 36.5 Å². The van der Waals surface area contributed by atoms with Gasteiger partial charge >= 0.3 is 5.97 Å². The molecule has 3 aromatic carbocycles. The van der Waals surface area contributed by atoms with E-state index in [0.717, 1.165) is 66.9 Å². The molecule has 8 rings (SSSR count). The minimum absolute atomic E-state index is 0.0125. The maximum atomic E-state index is 14.3. The van der Waals surface area contributed by atoms with E-state index in [1.54, 1.807) is 5.38 Å². The summed E-state index contributed by atoms with van der Waals surface area (Å²) >= 11 is 1.28. The van der Waals surface area contributed by atoms with Crippen molar-refractivity contribution >= 4 is 50.8 Å². The van der Waals surface area contributed by atoms with Crippen molar-refractivity contribution < 1.29 is 37.8 Å². The standard InChI is InChI=1S/C43H46N6O7S2/c1-2-49(23-13-14-24-49)26-29-28-58(54)40-36(39(51)48(40)37(29)41(52)53)45-38(50)35(47-56-34-22-12-15-25-55-34)33-27-57-42(44-33)46-43(30-16-6-3-7-17-30,31-18-8-4-9-19-31)32-20-10-5-11-21-32/h3-11,16-21,27,34,36,40H,2,12-15,22-26,28H2,1H3,(H2-,44,45,46,50,52,53)/p+1/t34?,36?,40-,58?/m0/s1. The summed E-state index contributed by atoms with van der Waals surface area (Å²) in [4.78, 5) is 52.6. The number of fused-ring (bicyclic) bond motifs is 1. The van der Waals surface area contributed by atoms with Crippen LogP contribution in [0.15, 0.2) is 113 Å². The molecule has 5 heterocycles. The topological polar surface area (TPSA) is 160 Å². The highest BCUT2D eigenvalue weighted by Crippen LogP contribution is 2.41. The fourth-order valence-electron chi connectivity index (χ4n) is 8.67. The summed E-state index contributed by atoms with van der Waals surface area (Å²) in [5.74, 6) is -2.65. The molecule has 4 aromatic rings. The van der Waals surface area contributed by atoms with E-state index in [1.807, 2.05) is 54.6 Å². The molecule has 58 heavy (non-hydrogen) atoms. The highest BCUT2D eigenvalue weighted by atomic mass is 32.2. The Morgan fingerprint density at radius 1 is 0.983 bits per heavy atom. The molecule has 0 saturated carbocycles. The Morgan fingerprint density at radius 2 is 1.60 bits per heavy atom. The number of carbonyl (C=O) groups is 3. The Morgan fingerprint density at radius 3 is 2.16 bits per heavy atom. The lowest BCUT2D eigenvalue weighted by atomic mass is 9.77. The summed E-state index contributed by atoms with van der Waals surface area (Å²) < 4.78 is 20.3. The molecular weight excluding hydrogens is 777 g/mol. The van der Waals surface area contributed by atoms with Crippen molar-refractivity contribution in [3.05, 3.63) is 130 Å². The van der Waals surface area contributed by atoms with Gasteiger partial charge in [-0.3, -0.25) is 18.7 Å². The number of nitrogens with one attached hydrogen (secondary N) is 2. The van der Waals surface area contributed by atoms with Gasteiger partial charge in [0.25, 0.3) is 11.8 Å². The third-order valence-electron chi connectivity index (χ3n) is 11.7. The third kappa shape index (κ3) is 7.59. The van der Waals surface area contributed by atoms with Gasteiger partial charge in [-0.2, -0.15) is 0 Å². The van der Waals surface area contributed by atoms with Crippen LogP contribution in [0.3, 0.4) is 0 Å². The monoisotopic (exact) mass is 823 g/mol. The highest BCUT2D eigenvalue weighted by molar-refractivity contribution is 7.86. The number of hydrogen-bond acceptors (Lipinski definition) is 10.